The Balaban J connectivity index is 1.67. The molecule has 2 aliphatic rings. The van der Waals surface area contributed by atoms with Gasteiger partial charge in [-0.1, -0.05) is 35.9 Å². The van der Waals surface area contributed by atoms with Crippen molar-refractivity contribution < 1.29 is 19.3 Å². The molecule has 1 unspecified atom stereocenters. The molecule has 0 aromatic heterocycles. The van der Waals surface area contributed by atoms with Crippen molar-refractivity contribution in [3.8, 4) is 5.75 Å². The number of aliphatic hydroxyl groups excluding tert-OH is 1. The Morgan fingerprint density at radius 3 is 3.00 bits per heavy atom. The molecule has 23 heavy (non-hydrogen) atoms. The lowest BCUT2D eigenvalue weighted by Crippen LogP contribution is -2.09. The zero-order valence-corrected chi connectivity index (χ0v) is 13.1. The van der Waals surface area contributed by atoms with E-state index in [1.165, 1.54) is 11.8 Å². The quantitative estimate of drug-likeness (QED) is 0.888. The SMILES string of the molecule is COc1cccc(C(O)C2=COC=C(CC3=CC=CCC3)O2)c1. The molecule has 3 rings (SSSR count). The van der Waals surface area contributed by atoms with Gasteiger partial charge in [-0.2, -0.15) is 0 Å². The number of hydrogen-bond acceptors (Lipinski definition) is 4. The van der Waals surface area contributed by atoms with Gasteiger partial charge in [-0.05, 0) is 30.5 Å². The van der Waals surface area contributed by atoms with Gasteiger partial charge in [-0.3, -0.25) is 0 Å². The fourth-order valence-electron chi connectivity index (χ4n) is 2.57. The Labute approximate surface area is 136 Å². The highest BCUT2D eigenvalue weighted by Crippen LogP contribution is 2.31. The van der Waals surface area contributed by atoms with Crippen LogP contribution >= 0.6 is 0 Å². The van der Waals surface area contributed by atoms with Gasteiger partial charge >= 0.3 is 0 Å². The molecule has 1 aliphatic heterocycles. The molecular weight excluding hydrogens is 292 g/mol. The normalized spacial score (nSPS) is 18.1. The molecule has 0 amide bonds. The fraction of sp³-hybridized carbons (Fsp3) is 0.263. The van der Waals surface area contributed by atoms with Crippen LogP contribution in [0.4, 0.5) is 0 Å². The van der Waals surface area contributed by atoms with Gasteiger partial charge in [-0.15, -0.1) is 0 Å². The molecule has 1 aromatic rings. The summed E-state index contributed by atoms with van der Waals surface area (Å²) in [7, 11) is 1.60. The van der Waals surface area contributed by atoms with Crippen LogP contribution in [0, 0.1) is 0 Å². The van der Waals surface area contributed by atoms with Gasteiger partial charge in [0.05, 0.1) is 7.11 Å². The predicted molar refractivity (Wildman–Crippen MR) is 87.4 cm³/mol. The number of benzene rings is 1. The third-order valence-corrected chi connectivity index (χ3v) is 3.81. The van der Waals surface area contributed by atoms with Gasteiger partial charge in [0, 0.05) is 6.42 Å². The Bertz CT molecular complexity index is 682. The summed E-state index contributed by atoms with van der Waals surface area (Å²) < 4.78 is 16.4. The summed E-state index contributed by atoms with van der Waals surface area (Å²) in [5, 5.41) is 10.5. The van der Waals surface area contributed by atoms with Crippen LogP contribution in [0.2, 0.25) is 0 Å². The van der Waals surface area contributed by atoms with Crippen LogP contribution in [-0.4, -0.2) is 12.2 Å². The minimum atomic E-state index is -0.894. The molecule has 4 heteroatoms. The number of aliphatic hydroxyl groups is 1. The molecule has 4 nitrogen and oxygen atoms in total. The number of methoxy groups -OCH3 is 1. The van der Waals surface area contributed by atoms with Crippen molar-refractivity contribution in [2.45, 2.75) is 25.4 Å². The topological polar surface area (TPSA) is 47.9 Å². The van der Waals surface area contributed by atoms with E-state index >= 15 is 0 Å². The molecule has 1 aliphatic carbocycles. The lowest BCUT2D eigenvalue weighted by Gasteiger charge is -2.22. The van der Waals surface area contributed by atoms with E-state index in [1.54, 1.807) is 19.4 Å². The molecule has 0 saturated carbocycles. The first kappa shape index (κ1) is 15.4. The second-order valence-electron chi connectivity index (χ2n) is 5.49. The van der Waals surface area contributed by atoms with Crippen LogP contribution in [-0.2, 0) is 9.47 Å². The zero-order chi connectivity index (χ0) is 16.1. The highest BCUT2D eigenvalue weighted by atomic mass is 16.6. The van der Waals surface area contributed by atoms with Crippen LogP contribution in [0.3, 0.4) is 0 Å². The first-order chi connectivity index (χ1) is 11.3. The minimum Gasteiger partial charge on any atom is -0.497 e. The van der Waals surface area contributed by atoms with Crippen molar-refractivity contribution in [1.82, 2.24) is 0 Å². The average molecular weight is 312 g/mol. The van der Waals surface area contributed by atoms with Gasteiger partial charge in [0.2, 0.25) is 0 Å². The van der Waals surface area contributed by atoms with Gasteiger partial charge in [0.15, 0.2) is 5.76 Å². The lowest BCUT2D eigenvalue weighted by atomic mass is 10.0. The number of hydrogen-bond donors (Lipinski definition) is 1. The van der Waals surface area contributed by atoms with E-state index in [0.29, 0.717) is 29.3 Å². The summed E-state index contributed by atoms with van der Waals surface area (Å²) in [5.41, 5.74) is 1.99. The Morgan fingerprint density at radius 2 is 2.22 bits per heavy atom. The summed E-state index contributed by atoms with van der Waals surface area (Å²) in [6.45, 7) is 0. The minimum absolute atomic E-state index is 0.378. The molecule has 0 fully saturated rings. The summed E-state index contributed by atoms with van der Waals surface area (Å²) in [6, 6.07) is 7.26. The van der Waals surface area contributed by atoms with E-state index in [4.69, 9.17) is 14.2 Å². The standard InChI is InChI=1S/C19H20O4/c1-21-16-9-5-8-15(11-16)19(20)18-13-22-12-17(23-18)10-14-6-3-2-4-7-14/h2-3,5-6,8-9,11-13,19-20H,4,7,10H2,1H3. The van der Waals surface area contributed by atoms with Crippen LogP contribution in [0.25, 0.3) is 0 Å². The van der Waals surface area contributed by atoms with Gasteiger partial charge in [-0.25, -0.2) is 0 Å². The number of allylic oxidation sites excluding steroid dienone is 4. The maximum absolute atomic E-state index is 10.5. The van der Waals surface area contributed by atoms with Crippen LogP contribution in [0.5, 0.6) is 5.75 Å². The van der Waals surface area contributed by atoms with Crippen molar-refractivity contribution >= 4 is 0 Å². The molecular formula is C19H20O4. The Hall–Kier alpha value is -2.46. The summed E-state index contributed by atoms with van der Waals surface area (Å²) in [4.78, 5) is 0. The third-order valence-electron chi connectivity index (χ3n) is 3.81. The van der Waals surface area contributed by atoms with Crippen LogP contribution in [0.15, 0.2) is 72.1 Å². The number of ether oxygens (including phenoxy) is 3. The first-order valence-electron chi connectivity index (χ1n) is 7.65. The second-order valence-corrected chi connectivity index (χ2v) is 5.49. The van der Waals surface area contributed by atoms with E-state index in [-0.39, 0.29) is 0 Å². The molecule has 1 heterocycles. The summed E-state index contributed by atoms with van der Waals surface area (Å²) in [5.74, 6) is 1.77. The summed E-state index contributed by atoms with van der Waals surface area (Å²) in [6.07, 6.45) is 11.2. The predicted octanol–water partition coefficient (Wildman–Crippen LogP) is 4.12. The molecule has 0 radical (unpaired) electrons. The maximum Gasteiger partial charge on any atom is 0.172 e. The monoisotopic (exact) mass is 312 g/mol. The van der Waals surface area contributed by atoms with Crippen LogP contribution < -0.4 is 4.74 Å². The van der Waals surface area contributed by atoms with Gasteiger partial charge < -0.3 is 19.3 Å². The molecule has 1 aromatic carbocycles. The molecule has 1 atom stereocenters. The number of rotatable bonds is 5. The third kappa shape index (κ3) is 3.85. The van der Waals surface area contributed by atoms with E-state index < -0.39 is 6.10 Å². The van der Waals surface area contributed by atoms with E-state index in [9.17, 15) is 5.11 Å². The molecule has 0 bridgehead atoms. The van der Waals surface area contributed by atoms with Crippen molar-refractivity contribution in [3.05, 3.63) is 77.7 Å². The van der Waals surface area contributed by atoms with E-state index in [1.807, 2.05) is 18.2 Å². The first-order valence-corrected chi connectivity index (χ1v) is 7.65. The van der Waals surface area contributed by atoms with Crippen molar-refractivity contribution in [2.24, 2.45) is 0 Å². The molecule has 120 valence electrons. The maximum atomic E-state index is 10.5. The van der Waals surface area contributed by atoms with Crippen LogP contribution in [0.1, 0.15) is 30.9 Å². The van der Waals surface area contributed by atoms with Gasteiger partial charge in [0.25, 0.3) is 0 Å². The fourth-order valence-corrected chi connectivity index (χ4v) is 2.57. The van der Waals surface area contributed by atoms with Crippen molar-refractivity contribution in [3.63, 3.8) is 0 Å². The second kappa shape index (κ2) is 7.20. The largest absolute Gasteiger partial charge is 0.497 e. The van der Waals surface area contributed by atoms with Crippen molar-refractivity contribution in [2.75, 3.05) is 7.11 Å². The summed E-state index contributed by atoms with van der Waals surface area (Å²) >= 11 is 0. The van der Waals surface area contributed by atoms with E-state index in [0.717, 1.165) is 12.8 Å². The smallest absolute Gasteiger partial charge is 0.172 e. The lowest BCUT2D eigenvalue weighted by molar-refractivity contribution is 0.107. The van der Waals surface area contributed by atoms with Crippen molar-refractivity contribution in [1.29, 1.82) is 0 Å². The Kier molecular flexibility index (Phi) is 4.83. The highest BCUT2D eigenvalue weighted by molar-refractivity contribution is 5.33. The molecule has 1 N–H and O–H groups in total. The van der Waals surface area contributed by atoms with Gasteiger partial charge in [0.1, 0.15) is 30.1 Å². The zero-order valence-electron chi connectivity index (χ0n) is 13.1. The average Bonchev–Trinajstić information content (AvgIpc) is 2.62. The molecule has 0 spiro atoms. The Morgan fingerprint density at radius 1 is 1.30 bits per heavy atom. The highest BCUT2D eigenvalue weighted by Gasteiger charge is 2.21. The molecule has 0 saturated heterocycles. The van der Waals surface area contributed by atoms with E-state index in [2.05, 4.69) is 18.2 Å².